The van der Waals surface area contributed by atoms with E-state index in [1.54, 1.807) is 18.2 Å². The standard InChI is InChI=1S/C20H20N4O3.ClH/c1-12-6-7-14-16(10-12)22-18(15-4-2-3-5-17(15)25)23-19(14)24-9-8-13(11-24)21-20(26)27;/h2-7,10,13,21,25H,8-9,11H2,1H3,(H,26,27);1H. The zero-order valence-electron chi connectivity index (χ0n) is 15.3. The van der Waals surface area contributed by atoms with Crippen LogP contribution in [-0.4, -0.2) is 45.4 Å². The van der Waals surface area contributed by atoms with Gasteiger partial charge in [0.05, 0.1) is 17.1 Å². The molecule has 8 heteroatoms. The van der Waals surface area contributed by atoms with Crippen LogP contribution in [0.5, 0.6) is 5.75 Å². The first kappa shape index (κ1) is 19.7. The molecule has 2 aromatic carbocycles. The number of benzene rings is 2. The lowest BCUT2D eigenvalue weighted by Gasteiger charge is -2.20. The molecule has 0 spiro atoms. The van der Waals surface area contributed by atoms with Crippen molar-refractivity contribution in [2.75, 3.05) is 18.0 Å². The van der Waals surface area contributed by atoms with Crippen molar-refractivity contribution < 1.29 is 15.0 Å². The van der Waals surface area contributed by atoms with Crippen LogP contribution in [-0.2, 0) is 0 Å². The molecule has 7 nitrogen and oxygen atoms in total. The molecular formula is C20H21ClN4O3. The number of hydrogen-bond donors (Lipinski definition) is 3. The summed E-state index contributed by atoms with van der Waals surface area (Å²) >= 11 is 0. The minimum absolute atomic E-state index is 0. The predicted octanol–water partition coefficient (Wildman–Crippen LogP) is 3.58. The molecule has 2 heterocycles. The van der Waals surface area contributed by atoms with Crippen LogP contribution < -0.4 is 10.2 Å². The predicted molar refractivity (Wildman–Crippen MR) is 110 cm³/mol. The molecule has 28 heavy (non-hydrogen) atoms. The van der Waals surface area contributed by atoms with E-state index < -0.39 is 6.09 Å². The molecule has 0 aliphatic carbocycles. The first-order valence-electron chi connectivity index (χ1n) is 8.82. The van der Waals surface area contributed by atoms with Crippen molar-refractivity contribution >= 4 is 35.2 Å². The zero-order valence-corrected chi connectivity index (χ0v) is 16.1. The molecule has 0 saturated carbocycles. The highest BCUT2D eigenvalue weighted by Crippen LogP contribution is 2.33. The second kappa shape index (κ2) is 7.90. The van der Waals surface area contributed by atoms with Crippen molar-refractivity contribution in [3.05, 3.63) is 48.0 Å². The smallest absolute Gasteiger partial charge is 0.404 e. The number of anilines is 1. The lowest BCUT2D eigenvalue weighted by atomic mass is 10.1. The zero-order chi connectivity index (χ0) is 19.0. The topological polar surface area (TPSA) is 98.6 Å². The highest BCUT2D eigenvalue weighted by molar-refractivity contribution is 5.92. The highest BCUT2D eigenvalue weighted by Gasteiger charge is 2.27. The molecule has 1 aromatic heterocycles. The third-order valence-corrected chi connectivity index (χ3v) is 4.79. The van der Waals surface area contributed by atoms with Gasteiger partial charge in [-0.25, -0.2) is 14.8 Å². The number of aryl methyl sites for hydroxylation is 1. The minimum atomic E-state index is -1.01. The van der Waals surface area contributed by atoms with E-state index in [1.165, 1.54) is 0 Å². The van der Waals surface area contributed by atoms with Gasteiger partial charge in [0, 0.05) is 18.5 Å². The van der Waals surface area contributed by atoms with Crippen molar-refractivity contribution in [2.45, 2.75) is 19.4 Å². The Kier molecular flexibility index (Phi) is 5.56. The number of phenols is 1. The Balaban J connectivity index is 0.00000225. The van der Waals surface area contributed by atoms with Gasteiger partial charge in [0.15, 0.2) is 5.82 Å². The lowest BCUT2D eigenvalue weighted by molar-refractivity contribution is 0.191. The molecule has 0 bridgehead atoms. The highest BCUT2D eigenvalue weighted by atomic mass is 35.5. The van der Waals surface area contributed by atoms with Crippen LogP contribution in [0.1, 0.15) is 12.0 Å². The average molecular weight is 401 g/mol. The largest absolute Gasteiger partial charge is 0.507 e. The van der Waals surface area contributed by atoms with Gasteiger partial charge in [0.2, 0.25) is 0 Å². The molecule has 3 aromatic rings. The molecule has 4 rings (SSSR count). The Labute approximate surface area is 168 Å². The Morgan fingerprint density at radius 3 is 2.75 bits per heavy atom. The van der Waals surface area contributed by atoms with Gasteiger partial charge in [-0.1, -0.05) is 18.2 Å². The van der Waals surface area contributed by atoms with Crippen LogP contribution in [0, 0.1) is 6.92 Å². The summed E-state index contributed by atoms with van der Waals surface area (Å²) in [4.78, 5) is 22.4. The summed E-state index contributed by atoms with van der Waals surface area (Å²) in [6.07, 6.45) is -0.296. The molecule has 1 aliphatic rings. The number of carboxylic acid groups (broad SMARTS) is 1. The van der Waals surface area contributed by atoms with E-state index in [0.717, 1.165) is 28.7 Å². The maximum atomic E-state index is 10.9. The van der Waals surface area contributed by atoms with Crippen LogP contribution in [0.3, 0.4) is 0 Å². The lowest BCUT2D eigenvalue weighted by Crippen LogP contribution is -2.36. The number of rotatable bonds is 3. The molecule has 1 saturated heterocycles. The fourth-order valence-corrected chi connectivity index (χ4v) is 3.49. The van der Waals surface area contributed by atoms with Crippen LogP contribution in [0.15, 0.2) is 42.5 Å². The van der Waals surface area contributed by atoms with E-state index in [1.807, 2.05) is 31.2 Å². The Morgan fingerprint density at radius 1 is 1.21 bits per heavy atom. The summed E-state index contributed by atoms with van der Waals surface area (Å²) in [7, 11) is 0. The third-order valence-electron chi connectivity index (χ3n) is 4.79. The normalized spacial score (nSPS) is 16.0. The number of aromatic nitrogens is 2. The number of para-hydroxylation sites is 1. The Hall–Kier alpha value is -3.06. The van der Waals surface area contributed by atoms with Crippen LogP contribution in [0.25, 0.3) is 22.3 Å². The van der Waals surface area contributed by atoms with Gasteiger partial charge < -0.3 is 20.4 Å². The van der Waals surface area contributed by atoms with E-state index in [4.69, 9.17) is 10.1 Å². The fourth-order valence-electron chi connectivity index (χ4n) is 3.49. The number of nitrogens with zero attached hydrogens (tertiary/aromatic N) is 3. The molecular weight excluding hydrogens is 380 g/mol. The fraction of sp³-hybridized carbons (Fsp3) is 0.250. The van der Waals surface area contributed by atoms with Gasteiger partial charge >= 0.3 is 6.09 Å². The molecule has 1 atom stereocenters. The summed E-state index contributed by atoms with van der Waals surface area (Å²) in [5.41, 5.74) is 2.46. The van der Waals surface area contributed by atoms with Gasteiger partial charge in [-0.15, -0.1) is 12.4 Å². The number of halogens is 1. The van der Waals surface area contributed by atoms with Crippen LogP contribution in [0.2, 0.25) is 0 Å². The Bertz CT molecular complexity index is 1030. The van der Waals surface area contributed by atoms with Crippen molar-refractivity contribution in [1.29, 1.82) is 0 Å². The maximum absolute atomic E-state index is 10.9. The van der Waals surface area contributed by atoms with Crippen LogP contribution in [0.4, 0.5) is 10.6 Å². The summed E-state index contributed by atoms with van der Waals surface area (Å²) in [5, 5.41) is 22.7. The second-order valence-electron chi connectivity index (χ2n) is 6.79. The van der Waals surface area contributed by atoms with E-state index in [2.05, 4.69) is 15.2 Å². The van der Waals surface area contributed by atoms with Gasteiger partial charge in [-0.2, -0.15) is 0 Å². The number of amides is 1. The molecule has 1 aliphatic heterocycles. The number of hydrogen-bond acceptors (Lipinski definition) is 5. The van der Waals surface area contributed by atoms with E-state index in [9.17, 15) is 9.90 Å². The second-order valence-corrected chi connectivity index (χ2v) is 6.79. The summed E-state index contributed by atoms with van der Waals surface area (Å²) in [6.45, 7) is 3.25. The number of aromatic hydroxyl groups is 1. The van der Waals surface area contributed by atoms with Gasteiger partial charge in [-0.05, 0) is 43.2 Å². The van der Waals surface area contributed by atoms with Gasteiger partial charge in [0.1, 0.15) is 11.6 Å². The summed E-state index contributed by atoms with van der Waals surface area (Å²) < 4.78 is 0. The first-order chi connectivity index (χ1) is 13.0. The average Bonchev–Trinajstić information content (AvgIpc) is 3.08. The molecule has 3 N–H and O–H groups in total. The number of nitrogens with one attached hydrogen (secondary N) is 1. The van der Waals surface area contributed by atoms with E-state index in [-0.39, 0.29) is 24.2 Å². The number of carbonyl (C=O) groups is 1. The third kappa shape index (κ3) is 3.80. The van der Waals surface area contributed by atoms with Crippen molar-refractivity contribution in [3.8, 4) is 17.1 Å². The Morgan fingerprint density at radius 2 is 2.00 bits per heavy atom. The molecule has 1 unspecified atom stereocenters. The van der Waals surface area contributed by atoms with Crippen molar-refractivity contribution in [3.63, 3.8) is 0 Å². The quantitative estimate of drug-likeness (QED) is 0.621. The van der Waals surface area contributed by atoms with Crippen molar-refractivity contribution in [1.82, 2.24) is 15.3 Å². The van der Waals surface area contributed by atoms with E-state index >= 15 is 0 Å². The maximum Gasteiger partial charge on any atom is 0.404 e. The molecule has 146 valence electrons. The van der Waals surface area contributed by atoms with Gasteiger partial charge in [0.25, 0.3) is 0 Å². The number of phenolic OH excluding ortho intramolecular Hbond substituents is 1. The van der Waals surface area contributed by atoms with Crippen LogP contribution >= 0.6 is 12.4 Å². The van der Waals surface area contributed by atoms with Gasteiger partial charge in [-0.3, -0.25) is 0 Å². The summed E-state index contributed by atoms with van der Waals surface area (Å²) in [6, 6.07) is 12.9. The SMILES string of the molecule is Cc1ccc2c(N3CCC(NC(=O)O)C3)nc(-c3ccccc3O)nc2c1.Cl. The van der Waals surface area contributed by atoms with E-state index in [0.29, 0.717) is 24.5 Å². The summed E-state index contributed by atoms with van der Waals surface area (Å²) in [5.74, 6) is 1.34. The molecule has 1 amide bonds. The molecule has 0 radical (unpaired) electrons. The monoisotopic (exact) mass is 400 g/mol. The molecule has 1 fully saturated rings. The van der Waals surface area contributed by atoms with Crippen molar-refractivity contribution in [2.24, 2.45) is 0 Å². The minimum Gasteiger partial charge on any atom is -0.507 e. The number of fused-ring (bicyclic) bond motifs is 1. The first-order valence-corrected chi connectivity index (χ1v) is 8.82.